The zero-order chi connectivity index (χ0) is 15.9. The van der Waals surface area contributed by atoms with Crippen LogP contribution in [-0.4, -0.2) is 25.2 Å². The normalized spacial score (nSPS) is 11.3. The molecular formula is C18H25NO2S. The number of aryl methyl sites for hydroxylation is 1. The van der Waals surface area contributed by atoms with E-state index in [1.165, 1.54) is 15.6 Å². The Labute approximate surface area is 136 Å². The summed E-state index contributed by atoms with van der Waals surface area (Å²) >= 11 is 1.60. The Morgan fingerprint density at radius 2 is 2.09 bits per heavy atom. The molecule has 0 aliphatic carbocycles. The van der Waals surface area contributed by atoms with E-state index >= 15 is 0 Å². The summed E-state index contributed by atoms with van der Waals surface area (Å²) in [4.78, 5) is 13.3. The van der Waals surface area contributed by atoms with Crippen LogP contribution in [0.1, 0.15) is 48.8 Å². The lowest BCUT2D eigenvalue weighted by Gasteiger charge is -2.08. The van der Waals surface area contributed by atoms with Gasteiger partial charge in [0, 0.05) is 17.9 Å². The van der Waals surface area contributed by atoms with Gasteiger partial charge in [-0.25, -0.2) is 0 Å². The van der Waals surface area contributed by atoms with Gasteiger partial charge in [-0.05, 0) is 43.7 Å². The van der Waals surface area contributed by atoms with E-state index in [-0.39, 0.29) is 12.0 Å². The molecule has 0 radical (unpaired) electrons. The van der Waals surface area contributed by atoms with E-state index in [2.05, 4.69) is 24.4 Å². The predicted molar refractivity (Wildman–Crippen MR) is 93.9 cm³/mol. The molecule has 0 aliphatic heterocycles. The molecule has 22 heavy (non-hydrogen) atoms. The van der Waals surface area contributed by atoms with Crippen LogP contribution in [0.3, 0.4) is 0 Å². The van der Waals surface area contributed by atoms with E-state index < -0.39 is 0 Å². The van der Waals surface area contributed by atoms with Gasteiger partial charge < -0.3 is 10.1 Å². The number of carbonyl (C=O) groups is 1. The quantitative estimate of drug-likeness (QED) is 0.732. The molecular weight excluding hydrogens is 294 g/mol. The number of rotatable bonds is 8. The molecule has 0 saturated carbocycles. The third-order valence-electron chi connectivity index (χ3n) is 3.46. The van der Waals surface area contributed by atoms with Crippen molar-refractivity contribution in [2.45, 2.75) is 46.1 Å². The molecule has 1 amide bonds. The highest BCUT2D eigenvalue weighted by Crippen LogP contribution is 2.32. The summed E-state index contributed by atoms with van der Waals surface area (Å²) in [5, 5.41) is 4.25. The second-order valence-corrected chi connectivity index (χ2v) is 6.74. The van der Waals surface area contributed by atoms with Crippen LogP contribution >= 0.6 is 11.3 Å². The number of hydrogen-bond donors (Lipinski definition) is 1. The van der Waals surface area contributed by atoms with Gasteiger partial charge in [-0.3, -0.25) is 4.79 Å². The largest absolute Gasteiger partial charge is 0.379 e. The lowest BCUT2D eigenvalue weighted by Crippen LogP contribution is -2.25. The predicted octanol–water partition coefficient (Wildman–Crippen LogP) is 4.40. The van der Waals surface area contributed by atoms with Gasteiger partial charge >= 0.3 is 0 Å². The third-order valence-corrected chi connectivity index (χ3v) is 4.67. The van der Waals surface area contributed by atoms with Crippen molar-refractivity contribution in [2.75, 3.05) is 13.2 Å². The molecule has 4 heteroatoms. The van der Waals surface area contributed by atoms with Gasteiger partial charge in [0.15, 0.2) is 0 Å². The highest BCUT2D eigenvalue weighted by Gasteiger charge is 2.17. The second kappa shape index (κ2) is 8.30. The molecule has 2 aromatic rings. The summed E-state index contributed by atoms with van der Waals surface area (Å²) in [6.45, 7) is 7.54. The van der Waals surface area contributed by atoms with Crippen LogP contribution in [0, 0.1) is 0 Å². The average molecular weight is 319 g/mol. The Bertz CT molecular complexity index is 619. The summed E-state index contributed by atoms with van der Waals surface area (Å²) in [5.74, 6) is 0.0502. The number of fused-ring (bicyclic) bond motifs is 1. The Morgan fingerprint density at radius 1 is 1.32 bits per heavy atom. The summed E-state index contributed by atoms with van der Waals surface area (Å²) in [6.07, 6.45) is 3.08. The van der Waals surface area contributed by atoms with Crippen LogP contribution in [-0.2, 0) is 11.2 Å². The van der Waals surface area contributed by atoms with Crippen molar-refractivity contribution < 1.29 is 9.53 Å². The van der Waals surface area contributed by atoms with Crippen LogP contribution in [0.4, 0.5) is 0 Å². The van der Waals surface area contributed by atoms with Crippen molar-refractivity contribution in [3.63, 3.8) is 0 Å². The Morgan fingerprint density at radius 3 is 2.82 bits per heavy atom. The minimum atomic E-state index is 0.0502. The lowest BCUT2D eigenvalue weighted by molar-refractivity contribution is 0.0757. The first-order valence-electron chi connectivity index (χ1n) is 8.03. The van der Waals surface area contributed by atoms with Gasteiger partial charge in [0.1, 0.15) is 0 Å². The SMILES string of the molecule is CCCc1c(C(=O)NCCCOC(C)C)sc2ccccc12. The molecule has 0 bridgehead atoms. The number of benzene rings is 1. The highest BCUT2D eigenvalue weighted by molar-refractivity contribution is 7.21. The number of hydrogen-bond acceptors (Lipinski definition) is 3. The number of amides is 1. The molecule has 1 heterocycles. The molecule has 1 N–H and O–H groups in total. The van der Waals surface area contributed by atoms with Gasteiger partial charge in [0.25, 0.3) is 5.91 Å². The van der Waals surface area contributed by atoms with Gasteiger partial charge in [-0.2, -0.15) is 0 Å². The van der Waals surface area contributed by atoms with Crippen LogP contribution in [0.5, 0.6) is 0 Å². The lowest BCUT2D eigenvalue weighted by atomic mass is 10.1. The topological polar surface area (TPSA) is 38.3 Å². The molecule has 0 unspecified atom stereocenters. The molecule has 0 saturated heterocycles. The summed E-state index contributed by atoms with van der Waals surface area (Å²) in [5.41, 5.74) is 1.19. The minimum absolute atomic E-state index is 0.0502. The maximum atomic E-state index is 12.5. The van der Waals surface area contributed by atoms with E-state index in [0.717, 1.165) is 24.1 Å². The number of nitrogens with one attached hydrogen (secondary N) is 1. The Kier molecular flexibility index (Phi) is 6.40. The molecule has 0 atom stereocenters. The summed E-state index contributed by atoms with van der Waals surface area (Å²) < 4.78 is 6.68. The monoisotopic (exact) mass is 319 g/mol. The van der Waals surface area contributed by atoms with E-state index in [9.17, 15) is 4.79 Å². The maximum absolute atomic E-state index is 12.5. The third kappa shape index (κ3) is 4.31. The van der Waals surface area contributed by atoms with Crippen molar-refractivity contribution in [2.24, 2.45) is 0 Å². The number of carbonyl (C=O) groups excluding carboxylic acids is 1. The van der Waals surface area contributed by atoms with Crippen LogP contribution < -0.4 is 5.32 Å². The van der Waals surface area contributed by atoms with Crippen LogP contribution in [0.2, 0.25) is 0 Å². The fourth-order valence-electron chi connectivity index (χ4n) is 2.45. The van der Waals surface area contributed by atoms with Gasteiger partial charge in [-0.15, -0.1) is 11.3 Å². The van der Waals surface area contributed by atoms with Gasteiger partial charge in [0.05, 0.1) is 11.0 Å². The average Bonchev–Trinajstić information content (AvgIpc) is 2.86. The van der Waals surface area contributed by atoms with E-state index in [1.807, 2.05) is 26.0 Å². The number of thiophene rings is 1. The molecule has 0 fully saturated rings. The first-order valence-corrected chi connectivity index (χ1v) is 8.85. The molecule has 120 valence electrons. The second-order valence-electron chi connectivity index (χ2n) is 5.68. The van der Waals surface area contributed by atoms with Crippen molar-refractivity contribution in [1.29, 1.82) is 0 Å². The number of ether oxygens (including phenoxy) is 1. The molecule has 1 aromatic carbocycles. The molecule has 2 rings (SSSR count). The fraction of sp³-hybridized carbons (Fsp3) is 0.500. The summed E-state index contributed by atoms with van der Waals surface area (Å²) in [6, 6.07) is 8.27. The van der Waals surface area contributed by atoms with E-state index in [4.69, 9.17) is 4.74 Å². The van der Waals surface area contributed by atoms with Crippen LogP contribution in [0.15, 0.2) is 24.3 Å². The van der Waals surface area contributed by atoms with Crippen LogP contribution in [0.25, 0.3) is 10.1 Å². The highest BCUT2D eigenvalue weighted by atomic mass is 32.1. The minimum Gasteiger partial charge on any atom is -0.379 e. The Balaban J connectivity index is 2.02. The fourth-order valence-corrected chi connectivity index (χ4v) is 3.62. The van der Waals surface area contributed by atoms with Crippen molar-refractivity contribution >= 4 is 27.3 Å². The molecule has 0 spiro atoms. The van der Waals surface area contributed by atoms with E-state index in [1.54, 1.807) is 11.3 Å². The zero-order valence-electron chi connectivity index (χ0n) is 13.6. The first kappa shape index (κ1) is 17.0. The van der Waals surface area contributed by atoms with Gasteiger partial charge in [-0.1, -0.05) is 31.5 Å². The molecule has 3 nitrogen and oxygen atoms in total. The van der Waals surface area contributed by atoms with Crippen molar-refractivity contribution in [3.8, 4) is 0 Å². The summed E-state index contributed by atoms with van der Waals surface area (Å²) in [7, 11) is 0. The van der Waals surface area contributed by atoms with Crippen molar-refractivity contribution in [3.05, 3.63) is 34.7 Å². The maximum Gasteiger partial charge on any atom is 0.261 e. The molecule has 0 aliphatic rings. The van der Waals surface area contributed by atoms with Gasteiger partial charge in [0.2, 0.25) is 0 Å². The Hall–Kier alpha value is -1.39. The standard InChI is InChI=1S/C18H25NO2S/c1-4-8-15-14-9-5-6-10-16(14)22-17(15)18(20)19-11-7-12-21-13(2)3/h5-6,9-10,13H,4,7-8,11-12H2,1-3H3,(H,19,20). The molecule has 1 aromatic heterocycles. The zero-order valence-corrected chi connectivity index (χ0v) is 14.5. The van der Waals surface area contributed by atoms with Crippen molar-refractivity contribution in [1.82, 2.24) is 5.32 Å². The first-order chi connectivity index (χ1) is 10.6. The smallest absolute Gasteiger partial charge is 0.261 e. The van der Waals surface area contributed by atoms with E-state index in [0.29, 0.717) is 13.2 Å².